The van der Waals surface area contributed by atoms with Crippen LogP contribution in [0.1, 0.15) is 20.3 Å². The number of carbonyl (C=O) groups is 1. The van der Waals surface area contributed by atoms with Gasteiger partial charge in [0.15, 0.2) is 5.65 Å². The number of aromatic amines is 1. The third kappa shape index (κ3) is 3.84. The number of urea groups is 1. The number of benzene rings is 1. The first-order valence-electron chi connectivity index (χ1n) is 11.2. The number of carbonyl (C=O) groups excluding carboxylic acids is 1. The second-order valence-electron chi connectivity index (χ2n) is 8.61. The second-order valence-corrected chi connectivity index (χ2v) is 8.61. The van der Waals surface area contributed by atoms with Gasteiger partial charge in [0.2, 0.25) is 0 Å². The summed E-state index contributed by atoms with van der Waals surface area (Å²) in [5.41, 5.74) is 3.58. The molecule has 1 aliphatic heterocycles. The lowest BCUT2D eigenvalue weighted by molar-refractivity contribution is 0.211. The molecule has 4 aromatic rings. The third-order valence-corrected chi connectivity index (χ3v) is 6.14. The summed E-state index contributed by atoms with van der Waals surface area (Å²) in [4.78, 5) is 29.1. The summed E-state index contributed by atoms with van der Waals surface area (Å²) in [7, 11) is 0. The van der Waals surface area contributed by atoms with Crippen LogP contribution in [0, 0.1) is 5.92 Å². The van der Waals surface area contributed by atoms with E-state index >= 15 is 0 Å². The van der Waals surface area contributed by atoms with E-state index in [2.05, 4.69) is 28.9 Å². The van der Waals surface area contributed by atoms with Crippen molar-refractivity contribution in [1.29, 1.82) is 0 Å². The average Bonchev–Trinajstić information content (AvgIpc) is 3.56. The molecule has 5 rings (SSSR count). The molecular formula is C24H27N7O2. The van der Waals surface area contributed by atoms with Crippen LogP contribution in [-0.2, 0) is 0 Å². The molecule has 1 aliphatic rings. The van der Waals surface area contributed by atoms with Gasteiger partial charge in [-0.05, 0) is 24.0 Å². The second kappa shape index (κ2) is 8.67. The van der Waals surface area contributed by atoms with Crippen LogP contribution in [0.25, 0.3) is 28.2 Å². The van der Waals surface area contributed by atoms with Crippen molar-refractivity contribution in [2.24, 2.45) is 5.92 Å². The maximum Gasteiger partial charge on any atom is 0.326 e. The van der Waals surface area contributed by atoms with E-state index in [0.717, 1.165) is 22.5 Å². The van der Waals surface area contributed by atoms with Crippen molar-refractivity contribution in [3.8, 4) is 22.5 Å². The smallest absolute Gasteiger partial charge is 0.326 e. The van der Waals surface area contributed by atoms with Gasteiger partial charge in [-0.15, -0.1) is 0 Å². The molecule has 0 aliphatic carbocycles. The largest absolute Gasteiger partial charge is 0.396 e. The first kappa shape index (κ1) is 21.1. The van der Waals surface area contributed by atoms with Gasteiger partial charge in [0.05, 0.1) is 12.2 Å². The normalized spacial score (nSPS) is 16.5. The van der Waals surface area contributed by atoms with Crippen molar-refractivity contribution in [1.82, 2.24) is 29.5 Å². The molecule has 170 valence electrons. The van der Waals surface area contributed by atoms with Crippen LogP contribution in [0.4, 0.5) is 10.6 Å². The number of nitrogens with zero attached hydrogens (tertiary/aromatic N) is 6. The molecule has 1 atom stereocenters. The average molecular weight is 446 g/mol. The summed E-state index contributed by atoms with van der Waals surface area (Å²) in [6, 6.07) is 9.87. The van der Waals surface area contributed by atoms with Gasteiger partial charge in [-0.25, -0.2) is 19.3 Å². The van der Waals surface area contributed by atoms with E-state index in [4.69, 9.17) is 4.98 Å². The Balaban J connectivity index is 1.49. The fourth-order valence-electron chi connectivity index (χ4n) is 4.33. The fourth-order valence-corrected chi connectivity index (χ4v) is 4.33. The van der Waals surface area contributed by atoms with Crippen molar-refractivity contribution >= 4 is 17.5 Å². The minimum Gasteiger partial charge on any atom is -0.396 e. The number of aliphatic hydroxyl groups excluding tert-OH is 1. The van der Waals surface area contributed by atoms with Crippen LogP contribution in [0.3, 0.4) is 0 Å². The number of amides is 2. The Hall–Kier alpha value is -3.72. The Morgan fingerprint density at radius 2 is 1.97 bits per heavy atom. The van der Waals surface area contributed by atoms with E-state index in [1.807, 2.05) is 36.5 Å². The highest BCUT2D eigenvalue weighted by Crippen LogP contribution is 2.31. The van der Waals surface area contributed by atoms with Crippen LogP contribution in [0.15, 0.2) is 55.1 Å². The van der Waals surface area contributed by atoms with Crippen molar-refractivity contribution in [3.63, 3.8) is 0 Å². The zero-order valence-corrected chi connectivity index (χ0v) is 18.7. The number of H-pyrrole nitrogens is 1. The Morgan fingerprint density at radius 1 is 1.18 bits per heavy atom. The van der Waals surface area contributed by atoms with E-state index in [0.29, 0.717) is 31.0 Å². The van der Waals surface area contributed by atoms with E-state index < -0.39 is 0 Å². The topological polar surface area (TPSA) is 103 Å². The molecule has 4 heterocycles. The van der Waals surface area contributed by atoms with Crippen LogP contribution in [-0.4, -0.2) is 66.3 Å². The summed E-state index contributed by atoms with van der Waals surface area (Å²) in [5.74, 6) is 1.70. The number of anilines is 1. The highest BCUT2D eigenvalue weighted by molar-refractivity contribution is 5.94. The van der Waals surface area contributed by atoms with E-state index in [1.54, 1.807) is 32.9 Å². The molecule has 2 amide bonds. The van der Waals surface area contributed by atoms with Gasteiger partial charge in [-0.3, -0.25) is 4.90 Å². The number of hydrogen-bond donors (Lipinski definition) is 2. The summed E-state index contributed by atoms with van der Waals surface area (Å²) in [6.07, 6.45) is 7.74. The van der Waals surface area contributed by atoms with Gasteiger partial charge in [-0.2, -0.15) is 5.10 Å². The van der Waals surface area contributed by atoms with Crippen LogP contribution in [0.5, 0.6) is 0 Å². The molecule has 1 saturated heterocycles. The van der Waals surface area contributed by atoms with Gasteiger partial charge >= 0.3 is 6.03 Å². The minimum absolute atomic E-state index is 0.0186. The lowest BCUT2D eigenvalue weighted by Gasteiger charge is -2.25. The summed E-state index contributed by atoms with van der Waals surface area (Å²) < 4.78 is 1.73. The maximum absolute atomic E-state index is 13.2. The lowest BCUT2D eigenvalue weighted by atomic mass is 10.0. The van der Waals surface area contributed by atoms with Gasteiger partial charge in [0.1, 0.15) is 11.6 Å². The highest BCUT2D eigenvalue weighted by atomic mass is 16.3. The number of aliphatic hydroxyl groups is 1. The maximum atomic E-state index is 13.2. The van der Waals surface area contributed by atoms with Crippen molar-refractivity contribution < 1.29 is 9.90 Å². The van der Waals surface area contributed by atoms with E-state index in [1.165, 1.54) is 0 Å². The fraction of sp³-hybridized carbons (Fsp3) is 0.333. The van der Waals surface area contributed by atoms with Gasteiger partial charge < -0.3 is 15.0 Å². The Labute approximate surface area is 191 Å². The zero-order chi connectivity index (χ0) is 22.9. The number of imidazole rings is 1. The summed E-state index contributed by atoms with van der Waals surface area (Å²) in [6.45, 7) is 5.47. The van der Waals surface area contributed by atoms with E-state index in [-0.39, 0.29) is 24.6 Å². The predicted octanol–water partition coefficient (Wildman–Crippen LogP) is 3.44. The number of rotatable bonds is 7. The monoisotopic (exact) mass is 445 g/mol. The molecule has 0 radical (unpaired) electrons. The van der Waals surface area contributed by atoms with Crippen LogP contribution < -0.4 is 4.90 Å². The number of nitrogens with one attached hydrogen (secondary N) is 1. The van der Waals surface area contributed by atoms with Gasteiger partial charge in [-0.1, -0.05) is 38.1 Å². The van der Waals surface area contributed by atoms with Crippen molar-refractivity contribution in [2.45, 2.75) is 26.3 Å². The van der Waals surface area contributed by atoms with Crippen LogP contribution in [0.2, 0.25) is 0 Å². The predicted molar refractivity (Wildman–Crippen MR) is 126 cm³/mol. The summed E-state index contributed by atoms with van der Waals surface area (Å²) in [5, 5.41) is 13.7. The van der Waals surface area contributed by atoms with Gasteiger partial charge in [0, 0.05) is 49.4 Å². The van der Waals surface area contributed by atoms with Crippen LogP contribution >= 0.6 is 0 Å². The molecule has 0 saturated carbocycles. The summed E-state index contributed by atoms with van der Waals surface area (Å²) >= 11 is 0. The lowest BCUT2D eigenvalue weighted by Crippen LogP contribution is -2.38. The molecule has 2 N–H and O–H groups in total. The molecule has 9 heteroatoms. The molecular weight excluding hydrogens is 418 g/mol. The standard InChI is InChI=1S/C24H27N7O2/c1-16(2)20-15-29(11-3-13-32)24(33)31(20)21-8-12-30-23(28-21)19(14-27-30)17-4-6-18(7-5-17)22-25-9-10-26-22/h4-10,12,14,16,20,32H,3,11,13,15H2,1-2H3,(H,25,26)/t20-/m1/s1. The first-order valence-corrected chi connectivity index (χ1v) is 11.2. The zero-order valence-electron chi connectivity index (χ0n) is 18.7. The molecule has 3 aromatic heterocycles. The Morgan fingerprint density at radius 3 is 2.67 bits per heavy atom. The molecule has 1 aromatic carbocycles. The Kier molecular flexibility index (Phi) is 5.55. The molecule has 9 nitrogen and oxygen atoms in total. The van der Waals surface area contributed by atoms with Crippen molar-refractivity contribution in [3.05, 3.63) is 55.1 Å². The van der Waals surface area contributed by atoms with Crippen molar-refractivity contribution in [2.75, 3.05) is 24.6 Å². The molecule has 0 spiro atoms. The third-order valence-electron chi connectivity index (χ3n) is 6.14. The van der Waals surface area contributed by atoms with Gasteiger partial charge in [0.25, 0.3) is 0 Å². The SMILES string of the molecule is CC(C)[C@H]1CN(CCCO)C(=O)N1c1ccn2ncc(-c3ccc(-c4ncc[nH]4)cc3)c2n1. The number of hydrogen-bond acceptors (Lipinski definition) is 5. The molecule has 33 heavy (non-hydrogen) atoms. The molecule has 0 unspecified atom stereocenters. The number of aromatic nitrogens is 5. The van der Waals surface area contributed by atoms with E-state index in [9.17, 15) is 9.90 Å². The number of fused-ring (bicyclic) bond motifs is 1. The minimum atomic E-state index is -0.0668. The quantitative estimate of drug-likeness (QED) is 0.454. The molecule has 1 fully saturated rings. The Bertz CT molecular complexity index is 1250. The highest BCUT2D eigenvalue weighted by Gasteiger charge is 2.40. The molecule has 0 bridgehead atoms. The first-order chi connectivity index (χ1) is 16.1.